The van der Waals surface area contributed by atoms with Gasteiger partial charge in [0, 0.05) is 29.4 Å². The molecule has 2 aromatic carbocycles. The summed E-state index contributed by atoms with van der Waals surface area (Å²) in [6.07, 6.45) is 2.32. The minimum absolute atomic E-state index is 0.0352. The molecule has 3 fully saturated rings. The molecule has 0 radical (unpaired) electrons. The number of nitro groups is 1. The second-order valence-corrected chi connectivity index (χ2v) is 9.94. The Labute approximate surface area is 207 Å². The molecule has 0 saturated carbocycles. The Kier molecular flexibility index (Phi) is 4.79. The largest absolute Gasteiger partial charge is 0.490 e. The van der Waals surface area contributed by atoms with Gasteiger partial charge in [0.05, 0.1) is 29.6 Å². The van der Waals surface area contributed by atoms with E-state index in [-0.39, 0.29) is 35.0 Å². The van der Waals surface area contributed by atoms with Crippen molar-refractivity contribution in [2.24, 2.45) is 11.8 Å². The number of nitrogens with zero attached hydrogens (tertiary/aromatic N) is 3. The molecular weight excluding hydrogens is 464 g/mol. The molecule has 2 aromatic rings. The third-order valence-electron chi connectivity index (χ3n) is 8.40. The van der Waals surface area contributed by atoms with Gasteiger partial charge in [-0.15, -0.1) is 0 Å². The van der Waals surface area contributed by atoms with Gasteiger partial charge in [-0.2, -0.15) is 0 Å². The van der Waals surface area contributed by atoms with E-state index >= 15 is 0 Å². The second-order valence-electron chi connectivity index (χ2n) is 9.94. The third kappa shape index (κ3) is 2.62. The summed E-state index contributed by atoms with van der Waals surface area (Å²) in [6.45, 7) is 4.29. The summed E-state index contributed by atoms with van der Waals surface area (Å²) in [5.41, 5.74) is 1.64. The van der Waals surface area contributed by atoms with E-state index in [0.29, 0.717) is 24.2 Å². The van der Waals surface area contributed by atoms with Crippen LogP contribution in [0.15, 0.2) is 30.3 Å². The smallest absolute Gasteiger partial charge is 0.311 e. The molecule has 0 aliphatic carbocycles. The molecule has 0 aromatic heterocycles. The molecule has 3 saturated heterocycles. The van der Waals surface area contributed by atoms with Gasteiger partial charge in [0.1, 0.15) is 5.54 Å². The van der Waals surface area contributed by atoms with Gasteiger partial charge in [0.15, 0.2) is 5.75 Å². The number of nitrogens with one attached hydrogen (secondary N) is 1. The summed E-state index contributed by atoms with van der Waals surface area (Å²) in [5.74, 6) is -2.70. The Morgan fingerprint density at radius 3 is 2.67 bits per heavy atom. The van der Waals surface area contributed by atoms with Gasteiger partial charge >= 0.3 is 5.69 Å². The van der Waals surface area contributed by atoms with Crippen molar-refractivity contribution in [3.05, 3.63) is 57.1 Å². The molecule has 1 N–H and O–H groups in total. The first-order valence-electron chi connectivity index (χ1n) is 12.2. The highest BCUT2D eigenvalue weighted by molar-refractivity contribution is 6.26. The number of fused-ring (bicyclic) bond motifs is 7. The quantitative estimate of drug-likeness (QED) is 0.397. The lowest BCUT2D eigenvalue weighted by molar-refractivity contribution is -0.385. The van der Waals surface area contributed by atoms with Crippen LogP contribution in [-0.2, 0) is 26.3 Å². The van der Waals surface area contributed by atoms with Crippen LogP contribution in [0.4, 0.5) is 17.1 Å². The zero-order valence-corrected chi connectivity index (χ0v) is 20.2. The lowest BCUT2D eigenvalue weighted by Gasteiger charge is -2.37. The summed E-state index contributed by atoms with van der Waals surface area (Å²) in [5, 5.41) is 14.5. The molecule has 1 spiro atoms. The minimum atomic E-state index is -1.26. The predicted octanol–water partition coefficient (Wildman–Crippen LogP) is 2.91. The first kappa shape index (κ1) is 22.7. The van der Waals surface area contributed by atoms with Gasteiger partial charge < -0.3 is 10.1 Å². The van der Waals surface area contributed by atoms with Crippen LogP contribution < -0.4 is 15.0 Å². The van der Waals surface area contributed by atoms with E-state index in [4.69, 9.17) is 4.74 Å². The lowest BCUT2D eigenvalue weighted by atomic mass is 9.75. The maximum Gasteiger partial charge on any atom is 0.311 e. The van der Waals surface area contributed by atoms with E-state index < -0.39 is 28.2 Å². The van der Waals surface area contributed by atoms with E-state index in [1.54, 1.807) is 6.92 Å². The van der Waals surface area contributed by atoms with Crippen molar-refractivity contribution >= 4 is 34.8 Å². The highest BCUT2D eigenvalue weighted by atomic mass is 16.6. The number of carbonyl (C=O) groups is 3. The summed E-state index contributed by atoms with van der Waals surface area (Å²) in [6, 6.07) is 8.28. The van der Waals surface area contributed by atoms with E-state index in [0.717, 1.165) is 28.9 Å². The molecule has 4 heterocycles. The summed E-state index contributed by atoms with van der Waals surface area (Å²) < 4.78 is 5.21. The van der Waals surface area contributed by atoms with E-state index in [2.05, 4.69) is 10.2 Å². The fourth-order valence-corrected chi connectivity index (χ4v) is 6.92. The van der Waals surface area contributed by atoms with Crippen molar-refractivity contribution in [1.29, 1.82) is 0 Å². The Bertz CT molecular complexity index is 1370. The number of rotatable bonds is 4. The van der Waals surface area contributed by atoms with Crippen LogP contribution in [0.1, 0.15) is 36.5 Å². The van der Waals surface area contributed by atoms with Crippen LogP contribution in [0.5, 0.6) is 5.75 Å². The van der Waals surface area contributed by atoms with E-state index in [9.17, 15) is 24.5 Å². The van der Waals surface area contributed by atoms with Crippen molar-refractivity contribution in [3.63, 3.8) is 0 Å². The van der Waals surface area contributed by atoms with Crippen LogP contribution in [-0.4, -0.2) is 47.2 Å². The van der Waals surface area contributed by atoms with Gasteiger partial charge in [-0.05, 0) is 49.9 Å². The fraction of sp³-hybridized carbons (Fsp3) is 0.423. The van der Waals surface area contributed by atoms with Crippen LogP contribution in [0, 0.1) is 28.9 Å². The van der Waals surface area contributed by atoms with Gasteiger partial charge in [0.2, 0.25) is 17.7 Å². The number of nitro benzene ring substituents is 1. The molecule has 186 valence electrons. The van der Waals surface area contributed by atoms with Crippen LogP contribution in [0.2, 0.25) is 0 Å². The molecule has 10 nitrogen and oxygen atoms in total. The SMILES string of the molecule is CCc1ccc2c(c1)C1(C(=O)N2)C2C(=O)N(c3cc(OC)c([N+](=O)[O-])cc3C)C(=O)C2C2CCCN21. The standard InChI is InChI=1S/C26H26N4O6/c1-4-14-7-8-16-15(11-14)26(25(33)27-16)22-21(17-6-5-9-28(17)26)23(31)29(24(22)32)18-12-20(36-3)19(30(34)35)10-13(18)2/h7-8,10-12,17,21-22H,4-6,9H2,1-3H3,(H,27,33). The summed E-state index contributed by atoms with van der Waals surface area (Å²) >= 11 is 0. The second kappa shape index (κ2) is 7.60. The highest BCUT2D eigenvalue weighted by Crippen LogP contribution is 2.61. The fourth-order valence-electron chi connectivity index (χ4n) is 6.92. The number of methoxy groups -OCH3 is 1. The molecule has 4 aliphatic heterocycles. The molecule has 10 heteroatoms. The monoisotopic (exact) mass is 490 g/mol. The minimum Gasteiger partial charge on any atom is -0.490 e. The number of aryl methyl sites for hydroxylation is 2. The molecule has 4 unspecified atom stereocenters. The number of carbonyl (C=O) groups excluding carboxylic acids is 3. The first-order valence-corrected chi connectivity index (χ1v) is 12.2. The van der Waals surface area contributed by atoms with Gasteiger partial charge in [-0.25, -0.2) is 4.90 Å². The average molecular weight is 491 g/mol. The molecule has 4 atom stereocenters. The van der Waals surface area contributed by atoms with Gasteiger partial charge in [-0.1, -0.05) is 19.1 Å². The summed E-state index contributed by atoms with van der Waals surface area (Å²) in [4.78, 5) is 56.1. The topological polar surface area (TPSA) is 122 Å². The molecule has 36 heavy (non-hydrogen) atoms. The first-order chi connectivity index (χ1) is 17.2. The Hall–Kier alpha value is -3.79. The van der Waals surface area contributed by atoms with Crippen molar-refractivity contribution < 1.29 is 24.0 Å². The van der Waals surface area contributed by atoms with Crippen molar-refractivity contribution in [1.82, 2.24) is 4.90 Å². The van der Waals surface area contributed by atoms with Crippen molar-refractivity contribution in [3.8, 4) is 5.75 Å². The molecule has 6 rings (SSSR count). The molecule has 3 amide bonds. The third-order valence-corrected chi connectivity index (χ3v) is 8.40. The van der Waals surface area contributed by atoms with Crippen molar-refractivity contribution in [2.75, 3.05) is 23.9 Å². The lowest BCUT2D eigenvalue weighted by Crippen LogP contribution is -2.54. The van der Waals surface area contributed by atoms with Gasteiger partial charge in [0.25, 0.3) is 0 Å². The highest BCUT2D eigenvalue weighted by Gasteiger charge is 2.74. The number of hydrogen-bond acceptors (Lipinski definition) is 7. The van der Waals surface area contributed by atoms with Crippen LogP contribution >= 0.6 is 0 Å². The zero-order chi connectivity index (χ0) is 25.5. The molecule has 0 bridgehead atoms. The van der Waals surface area contributed by atoms with Gasteiger partial charge in [-0.3, -0.25) is 29.4 Å². The zero-order valence-electron chi connectivity index (χ0n) is 20.2. The maximum absolute atomic E-state index is 14.2. The number of hydrogen-bond donors (Lipinski definition) is 1. The number of benzene rings is 2. The maximum atomic E-state index is 14.2. The number of ether oxygens (including phenoxy) is 1. The Morgan fingerprint density at radius 2 is 1.97 bits per heavy atom. The normalized spacial score (nSPS) is 28.5. The molecular formula is C26H26N4O6. The number of imide groups is 1. The van der Waals surface area contributed by atoms with Crippen LogP contribution in [0.3, 0.4) is 0 Å². The molecule has 4 aliphatic rings. The average Bonchev–Trinajstić information content (AvgIpc) is 3.57. The predicted molar refractivity (Wildman–Crippen MR) is 130 cm³/mol. The van der Waals surface area contributed by atoms with Crippen LogP contribution in [0.25, 0.3) is 0 Å². The van der Waals surface area contributed by atoms with E-state index in [1.807, 2.05) is 25.1 Å². The van der Waals surface area contributed by atoms with Crippen molar-refractivity contribution in [2.45, 2.75) is 44.7 Å². The Morgan fingerprint density at radius 1 is 1.19 bits per heavy atom. The van der Waals surface area contributed by atoms with E-state index in [1.165, 1.54) is 19.2 Å². The number of amides is 3. The number of anilines is 2. The summed E-state index contributed by atoms with van der Waals surface area (Å²) in [7, 11) is 1.31. The Balaban J connectivity index is 1.54.